The summed E-state index contributed by atoms with van der Waals surface area (Å²) >= 11 is 12.6. The van der Waals surface area contributed by atoms with Gasteiger partial charge in [0.25, 0.3) is 5.91 Å². The number of nitrogens with one attached hydrogen (secondary N) is 1. The molecule has 1 aliphatic heterocycles. The molecule has 0 bridgehead atoms. The largest absolute Gasteiger partial charge is 0.380 e. The lowest BCUT2D eigenvalue weighted by Crippen LogP contribution is -2.37. The Kier molecular flexibility index (Phi) is 4.91. The number of fused-ring (bicyclic) bond motifs is 1. The Labute approximate surface area is 186 Å². The minimum atomic E-state index is -0.229. The van der Waals surface area contributed by atoms with Crippen molar-refractivity contribution in [2.45, 2.75) is 12.5 Å². The predicted octanol–water partition coefficient (Wildman–Crippen LogP) is 3.31. The fraction of sp³-hybridized carbons (Fsp3) is 0.200. The number of nitrogens with two attached hydrogens (primary N) is 1. The number of halogens is 2. The van der Waals surface area contributed by atoms with E-state index < -0.39 is 0 Å². The van der Waals surface area contributed by atoms with E-state index in [0.29, 0.717) is 38.9 Å². The van der Waals surface area contributed by atoms with Crippen molar-refractivity contribution in [3.63, 3.8) is 0 Å². The highest BCUT2D eigenvalue weighted by Gasteiger charge is 2.28. The third kappa shape index (κ3) is 3.66. The number of anilines is 2. The number of hydrogen-bond donors (Lipinski definition) is 2. The van der Waals surface area contributed by atoms with E-state index in [4.69, 9.17) is 33.5 Å². The fourth-order valence-corrected chi connectivity index (χ4v) is 4.26. The van der Waals surface area contributed by atoms with Gasteiger partial charge in [0.15, 0.2) is 11.4 Å². The molecule has 5 rings (SSSR count). The van der Waals surface area contributed by atoms with Gasteiger partial charge < -0.3 is 20.5 Å². The van der Waals surface area contributed by atoms with Crippen molar-refractivity contribution in [3.05, 3.63) is 58.6 Å². The van der Waals surface area contributed by atoms with Gasteiger partial charge in [-0.2, -0.15) is 0 Å². The van der Waals surface area contributed by atoms with Crippen molar-refractivity contribution >= 4 is 51.6 Å². The summed E-state index contributed by atoms with van der Waals surface area (Å²) in [4.78, 5) is 14.9. The van der Waals surface area contributed by atoms with Crippen LogP contribution in [0.5, 0.6) is 0 Å². The summed E-state index contributed by atoms with van der Waals surface area (Å²) in [7, 11) is 0. The van der Waals surface area contributed by atoms with Crippen LogP contribution in [0.25, 0.3) is 16.7 Å². The first kappa shape index (κ1) is 19.7. The Bertz CT molecular complexity index is 1270. The van der Waals surface area contributed by atoms with Gasteiger partial charge in [-0.05, 0) is 36.8 Å². The van der Waals surface area contributed by atoms with Crippen molar-refractivity contribution in [2.75, 3.05) is 23.7 Å². The van der Waals surface area contributed by atoms with Gasteiger partial charge in [-0.3, -0.25) is 9.36 Å². The number of benzene rings is 2. The van der Waals surface area contributed by atoms with E-state index in [9.17, 15) is 4.79 Å². The topological polar surface area (TPSA) is 115 Å². The molecule has 1 unspecified atom stereocenters. The summed E-state index contributed by atoms with van der Waals surface area (Å²) < 4.78 is 7.11. The highest BCUT2D eigenvalue weighted by molar-refractivity contribution is 6.34. The number of aromatic nitrogens is 4. The van der Waals surface area contributed by atoms with Crippen LogP contribution in [0.2, 0.25) is 10.0 Å². The van der Waals surface area contributed by atoms with Gasteiger partial charge in [-0.1, -0.05) is 28.4 Å². The monoisotopic (exact) mass is 457 g/mol. The van der Waals surface area contributed by atoms with Crippen molar-refractivity contribution in [2.24, 2.45) is 0 Å². The van der Waals surface area contributed by atoms with E-state index in [-0.39, 0.29) is 11.9 Å². The number of hydrogen-bond acceptors (Lipinski definition) is 7. The van der Waals surface area contributed by atoms with Gasteiger partial charge in [-0.25, -0.2) is 0 Å². The molecule has 3 heterocycles. The second-order valence-electron chi connectivity index (χ2n) is 7.31. The SMILES string of the molecule is Nc1noc2c(N3CCC(NC(=O)c4ccc(-n5cnnc5)cc4Cl)C3)cc(Cl)cc12. The molecule has 2 aromatic carbocycles. The molecule has 0 spiro atoms. The lowest BCUT2D eigenvalue weighted by atomic mass is 10.1. The van der Waals surface area contributed by atoms with Crippen LogP contribution < -0.4 is 16.0 Å². The smallest absolute Gasteiger partial charge is 0.253 e. The average Bonchev–Trinajstić information content (AvgIpc) is 3.50. The van der Waals surface area contributed by atoms with Gasteiger partial charge >= 0.3 is 0 Å². The highest BCUT2D eigenvalue weighted by Crippen LogP contribution is 2.35. The summed E-state index contributed by atoms with van der Waals surface area (Å²) in [5.41, 5.74) is 8.44. The first-order valence-electron chi connectivity index (χ1n) is 9.54. The molecule has 1 saturated heterocycles. The molecule has 1 amide bonds. The van der Waals surface area contributed by atoms with E-state index in [2.05, 4.69) is 25.6 Å². The molecular weight excluding hydrogens is 441 g/mol. The maximum Gasteiger partial charge on any atom is 0.253 e. The molecule has 1 atom stereocenters. The Morgan fingerprint density at radius 3 is 2.77 bits per heavy atom. The van der Waals surface area contributed by atoms with Gasteiger partial charge in [0.2, 0.25) is 0 Å². The Morgan fingerprint density at radius 2 is 2.00 bits per heavy atom. The average molecular weight is 458 g/mol. The summed E-state index contributed by atoms with van der Waals surface area (Å²) in [6.45, 7) is 1.32. The highest BCUT2D eigenvalue weighted by atomic mass is 35.5. The first-order chi connectivity index (χ1) is 15.0. The van der Waals surface area contributed by atoms with Crippen molar-refractivity contribution in [3.8, 4) is 5.69 Å². The number of rotatable bonds is 4. The first-order valence-corrected chi connectivity index (χ1v) is 10.3. The van der Waals surface area contributed by atoms with E-state index in [1.165, 1.54) is 0 Å². The Hall–Kier alpha value is -3.30. The molecule has 1 aliphatic rings. The van der Waals surface area contributed by atoms with E-state index in [1.807, 2.05) is 6.07 Å². The maximum atomic E-state index is 12.8. The second-order valence-corrected chi connectivity index (χ2v) is 8.15. The van der Waals surface area contributed by atoms with Gasteiger partial charge in [0, 0.05) is 29.8 Å². The number of nitrogen functional groups attached to an aromatic ring is 1. The molecule has 9 nitrogen and oxygen atoms in total. The molecule has 158 valence electrons. The normalized spacial score (nSPS) is 16.2. The molecular formula is C20H17Cl2N7O2. The number of nitrogens with zero attached hydrogens (tertiary/aromatic N) is 5. The quantitative estimate of drug-likeness (QED) is 0.482. The fourth-order valence-electron chi connectivity index (χ4n) is 3.79. The van der Waals surface area contributed by atoms with Crippen molar-refractivity contribution < 1.29 is 9.32 Å². The number of carbonyl (C=O) groups excluding carboxylic acids is 1. The minimum Gasteiger partial charge on any atom is -0.380 e. The number of amides is 1. The van der Waals surface area contributed by atoms with Crippen LogP contribution >= 0.6 is 23.2 Å². The molecule has 3 N–H and O–H groups in total. The summed E-state index contributed by atoms with van der Waals surface area (Å²) in [6, 6.07) is 8.68. The van der Waals surface area contributed by atoms with Crippen molar-refractivity contribution in [1.29, 1.82) is 0 Å². The third-order valence-electron chi connectivity index (χ3n) is 5.32. The Morgan fingerprint density at radius 1 is 1.19 bits per heavy atom. The third-order valence-corrected chi connectivity index (χ3v) is 5.85. The molecule has 31 heavy (non-hydrogen) atoms. The molecule has 4 aromatic rings. The zero-order chi connectivity index (χ0) is 21.5. The standard InChI is InChI=1S/C20H17Cl2N7O2/c21-11-5-15-18(31-27-19(15)23)17(6-11)28-4-3-12(8-28)26-20(30)14-2-1-13(7-16(14)22)29-9-24-25-10-29/h1-2,5-7,9-10,12H,3-4,8H2,(H2,23,27)(H,26,30). The molecule has 0 radical (unpaired) electrons. The van der Waals surface area contributed by atoms with Crippen LogP contribution in [0.1, 0.15) is 16.8 Å². The molecule has 11 heteroatoms. The molecule has 0 aliphatic carbocycles. The summed E-state index contributed by atoms with van der Waals surface area (Å²) in [5, 5.41) is 16.0. The van der Waals surface area contributed by atoms with E-state index in [0.717, 1.165) is 24.3 Å². The van der Waals surface area contributed by atoms with Crippen LogP contribution in [0.3, 0.4) is 0 Å². The van der Waals surface area contributed by atoms with E-state index >= 15 is 0 Å². The zero-order valence-electron chi connectivity index (χ0n) is 16.1. The summed E-state index contributed by atoms with van der Waals surface area (Å²) in [5.74, 6) is 0.0691. The lowest BCUT2D eigenvalue weighted by Gasteiger charge is -2.19. The Balaban J connectivity index is 1.31. The van der Waals surface area contributed by atoms with Gasteiger partial charge in [0.1, 0.15) is 12.7 Å². The number of carbonyl (C=O) groups is 1. The minimum absolute atomic E-state index is 0.0598. The summed E-state index contributed by atoms with van der Waals surface area (Å²) in [6.07, 6.45) is 3.89. The van der Waals surface area contributed by atoms with Crippen LogP contribution in [0.4, 0.5) is 11.5 Å². The molecule has 0 saturated carbocycles. The maximum absolute atomic E-state index is 12.8. The predicted molar refractivity (Wildman–Crippen MR) is 118 cm³/mol. The van der Waals surface area contributed by atoms with Crippen LogP contribution in [-0.4, -0.2) is 45.0 Å². The van der Waals surface area contributed by atoms with Gasteiger partial charge in [-0.15, -0.1) is 10.2 Å². The lowest BCUT2D eigenvalue weighted by molar-refractivity contribution is 0.0940. The van der Waals surface area contributed by atoms with E-state index in [1.54, 1.807) is 41.5 Å². The van der Waals surface area contributed by atoms with Crippen LogP contribution in [0, 0.1) is 0 Å². The second kappa shape index (κ2) is 7.75. The van der Waals surface area contributed by atoms with Crippen LogP contribution in [0.15, 0.2) is 47.5 Å². The molecule has 1 fully saturated rings. The molecule has 2 aromatic heterocycles. The zero-order valence-corrected chi connectivity index (χ0v) is 17.6. The van der Waals surface area contributed by atoms with Crippen molar-refractivity contribution in [1.82, 2.24) is 25.2 Å². The van der Waals surface area contributed by atoms with Gasteiger partial charge in [0.05, 0.1) is 21.7 Å². The van der Waals surface area contributed by atoms with Crippen LogP contribution in [-0.2, 0) is 0 Å².